The Morgan fingerprint density at radius 2 is 2.15 bits per heavy atom. The molecule has 1 spiro atoms. The van der Waals surface area contributed by atoms with Crippen molar-refractivity contribution >= 4 is 6.09 Å². The molecule has 170 valence electrons. The number of amides is 1. The summed E-state index contributed by atoms with van der Waals surface area (Å²) in [5.74, 6) is 1.76. The van der Waals surface area contributed by atoms with Gasteiger partial charge in [-0.1, -0.05) is 24.6 Å². The number of aromatic hydroxyl groups is 1. The maximum atomic E-state index is 13.4. The van der Waals surface area contributed by atoms with Crippen molar-refractivity contribution in [3.63, 3.8) is 0 Å². The number of hydrogen-bond acceptors (Lipinski definition) is 5. The minimum Gasteiger partial charge on any atom is -0.504 e. The van der Waals surface area contributed by atoms with E-state index >= 15 is 0 Å². The van der Waals surface area contributed by atoms with Crippen molar-refractivity contribution in [1.29, 1.82) is 0 Å². The Morgan fingerprint density at radius 1 is 1.21 bits per heavy atom. The summed E-state index contributed by atoms with van der Waals surface area (Å²) >= 11 is 0. The highest BCUT2D eigenvalue weighted by molar-refractivity contribution is 5.70. The molecule has 3 aliphatic carbocycles. The van der Waals surface area contributed by atoms with Crippen LogP contribution in [-0.4, -0.2) is 39.8 Å². The van der Waals surface area contributed by atoms with Crippen molar-refractivity contribution in [1.82, 2.24) is 9.88 Å². The topological polar surface area (TPSA) is 71.9 Å². The molecule has 1 amide bonds. The summed E-state index contributed by atoms with van der Waals surface area (Å²) in [6.45, 7) is 0.682. The predicted octanol–water partition coefficient (Wildman–Crippen LogP) is 4.67. The Morgan fingerprint density at radius 3 is 3.03 bits per heavy atom. The monoisotopic (exact) mass is 444 g/mol. The molecule has 5 aliphatic rings. The zero-order valence-electron chi connectivity index (χ0n) is 18.5. The van der Waals surface area contributed by atoms with Gasteiger partial charge in [0, 0.05) is 29.9 Å². The van der Waals surface area contributed by atoms with E-state index in [0.717, 1.165) is 37.7 Å². The molecule has 1 N–H and O–H groups in total. The highest BCUT2D eigenvalue weighted by Gasteiger charge is 2.64. The van der Waals surface area contributed by atoms with Crippen LogP contribution in [0.5, 0.6) is 11.5 Å². The number of nitrogens with zero attached hydrogens (tertiary/aromatic N) is 2. The van der Waals surface area contributed by atoms with Crippen molar-refractivity contribution in [3.8, 4) is 11.5 Å². The van der Waals surface area contributed by atoms with Crippen LogP contribution in [0.2, 0.25) is 0 Å². The lowest BCUT2D eigenvalue weighted by Crippen LogP contribution is -2.59. The number of phenolic OH excluding ortho intramolecular Hbond substituents is 1. The maximum absolute atomic E-state index is 13.4. The molecule has 6 nitrogen and oxygen atoms in total. The smallest absolute Gasteiger partial charge is 0.411 e. The Kier molecular flexibility index (Phi) is 4.12. The fourth-order valence-corrected chi connectivity index (χ4v) is 7.55. The molecular formula is C27H28N2O4. The average molecular weight is 445 g/mol. The van der Waals surface area contributed by atoms with Crippen molar-refractivity contribution in [3.05, 3.63) is 65.5 Å². The quantitative estimate of drug-likeness (QED) is 0.682. The molecule has 6 atom stereocenters. The third-order valence-electron chi connectivity index (χ3n) is 8.79. The molecule has 6 heteroatoms. The average Bonchev–Trinajstić information content (AvgIpc) is 3.45. The van der Waals surface area contributed by atoms with Crippen molar-refractivity contribution in [2.24, 2.45) is 11.8 Å². The third-order valence-corrected chi connectivity index (χ3v) is 8.79. The zero-order chi connectivity index (χ0) is 22.2. The van der Waals surface area contributed by atoms with Crippen LogP contribution in [0.1, 0.15) is 54.8 Å². The van der Waals surface area contributed by atoms with Crippen molar-refractivity contribution in [2.45, 2.75) is 62.2 Å². The van der Waals surface area contributed by atoms with E-state index < -0.39 is 6.10 Å². The Bertz CT molecular complexity index is 1150. The van der Waals surface area contributed by atoms with E-state index in [9.17, 15) is 9.90 Å². The molecule has 1 saturated carbocycles. The van der Waals surface area contributed by atoms with Gasteiger partial charge in [0.25, 0.3) is 0 Å². The second-order valence-electron chi connectivity index (χ2n) is 10.3. The summed E-state index contributed by atoms with van der Waals surface area (Å²) in [5, 5.41) is 10.6. The lowest BCUT2D eigenvalue weighted by atomic mass is 9.50. The van der Waals surface area contributed by atoms with Crippen LogP contribution in [0.3, 0.4) is 0 Å². The van der Waals surface area contributed by atoms with E-state index in [4.69, 9.17) is 9.47 Å². The zero-order valence-corrected chi connectivity index (χ0v) is 18.5. The normalized spacial score (nSPS) is 35.2. The molecule has 33 heavy (non-hydrogen) atoms. The second kappa shape index (κ2) is 6.99. The number of pyridine rings is 1. The SMILES string of the molecule is O=C(O[C@H]1C=C[C@H]2[C@@H]3CCC[C@@]24c2c(ccc(O)c2O[C@@H]14)C3)N1CCC[C@@H]1c1cccnc1. The summed E-state index contributed by atoms with van der Waals surface area (Å²) in [4.78, 5) is 19.5. The number of carbonyl (C=O) groups is 1. The molecule has 0 radical (unpaired) electrons. The van der Waals surface area contributed by atoms with Gasteiger partial charge in [0.15, 0.2) is 17.6 Å². The number of phenols is 1. The van der Waals surface area contributed by atoms with E-state index in [2.05, 4.69) is 17.1 Å². The van der Waals surface area contributed by atoms with Gasteiger partial charge in [0.05, 0.1) is 6.04 Å². The molecule has 2 fully saturated rings. The Hall–Kier alpha value is -3.02. The van der Waals surface area contributed by atoms with E-state index in [0.29, 0.717) is 24.1 Å². The summed E-state index contributed by atoms with van der Waals surface area (Å²) in [5.41, 5.74) is 3.31. The number of carbonyl (C=O) groups excluding carboxylic acids is 1. The molecule has 2 aliphatic heterocycles. The van der Waals surface area contributed by atoms with E-state index in [1.807, 2.05) is 29.3 Å². The molecule has 1 saturated heterocycles. The van der Waals surface area contributed by atoms with Gasteiger partial charge in [-0.05, 0) is 73.3 Å². The summed E-state index contributed by atoms with van der Waals surface area (Å²) in [7, 11) is 0. The largest absolute Gasteiger partial charge is 0.504 e. The van der Waals surface area contributed by atoms with Crippen LogP contribution in [0.25, 0.3) is 0 Å². The first-order valence-electron chi connectivity index (χ1n) is 12.2. The highest BCUT2D eigenvalue weighted by atomic mass is 16.6. The molecule has 0 unspecified atom stereocenters. The van der Waals surface area contributed by atoms with E-state index in [1.54, 1.807) is 12.3 Å². The predicted molar refractivity (Wildman–Crippen MR) is 121 cm³/mol. The van der Waals surface area contributed by atoms with Crippen LogP contribution in [0, 0.1) is 11.8 Å². The number of benzene rings is 1. The van der Waals surface area contributed by atoms with Gasteiger partial charge in [0.1, 0.15) is 6.10 Å². The van der Waals surface area contributed by atoms with Crippen molar-refractivity contribution < 1.29 is 19.4 Å². The Labute approximate surface area is 193 Å². The number of hydrogen-bond donors (Lipinski definition) is 1. The maximum Gasteiger partial charge on any atom is 0.411 e. The number of allylic oxidation sites excluding steroid dienone is 1. The van der Waals surface area contributed by atoms with Crippen LogP contribution >= 0.6 is 0 Å². The van der Waals surface area contributed by atoms with Crippen LogP contribution < -0.4 is 4.74 Å². The van der Waals surface area contributed by atoms with Gasteiger partial charge in [0.2, 0.25) is 0 Å². The fraction of sp³-hybridized carbons (Fsp3) is 0.481. The highest BCUT2D eigenvalue weighted by Crippen LogP contribution is 2.64. The van der Waals surface area contributed by atoms with Crippen LogP contribution in [-0.2, 0) is 16.6 Å². The number of likely N-dealkylation sites (tertiary alicyclic amines) is 1. The third kappa shape index (κ3) is 2.61. The molecule has 7 rings (SSSR count). The van der Waals surface area contributed by atoms with Gasteiger partial charge in [-0.25, -0.2) is 4.79 Å². The van der Waals surface area contributed by atoms with E-state index in [1.165, 1.54) is 17.5 Å². The first-order chi connectivity index (χ1) is 16.2. The van der Waals surface area contributed by atoms with Gasteiger partial charge in [-0.3, -0.25) is 4.98 Å². The standard InChI is InChI=1S/C27H28N2O4/c30-21-9-7-17-14-16-4-1-11-27-19(16)8-10-22(25(27)33-24(21)23(17)27)32-26(31)29-13-3-6-20(29)18-5-2-12-28-15-18/h2,5,7-10,12,15-16,19-20,22,25,30H,1,3-4,6,11,13-14H2/t16-,19+,20-,22+,25+,27+/m1/s1. The second-order valence-corrected chi connectivity index (χ2v) is 10.3. The fourth-order valence-electron chi connectivity index (χ4n) is 7.55. The minimum atomic E-state index is -0.472. The van der Waals surface area contributed by atoms with Gasteiger partial charge < -0.3 is 19.5 Å². The molecule has 2 aromatic rings. The lowest BCUT2D eigenvalue weighted by molar-refractivity contribution is -0.0417. The first kappa shape index (κ1) is 19.4. The molecular weight excluding hydrogens is 416 g/mol. The van der Waals surface area contributed by atoms with E-state index in [-0.39, 0.29) is 29.4 Å². The number of rotatable bonds is 2. The van der Waals surface area contributed by atoms with Crippen molar-refractivity contribution in [2.75, 3.05) is 6.54 Å². The van der Waals surface area contributed by atoms with Gasteiger partial charge in [-0.2, -0.15) is 0 Å². The summed E-state index contributed by atoms with van der Waals surface area (Å²) in [6.07, 6.45) is 13.1. The molecule has 1 aromatic heterocycles. The lowest BCUT2D eigenvalue weighted by Gasteiger charge is -2.53. The molecule has 1 aromatic carbocycles. The van der Waals surface area contributed by atoms with Crippen LogP contribution in [0.15, 0.2) is 48.8 Å². The minimum absolute atomic E-state index is 0.00392. The Balaban J connectivity index is 1.22. The summed E-state index contributed by atoms with van der Waals surface area (Å²) < 4.78 is 12.7. The first-order valence-corrected chi connectivity index (χ1v) is 12.2. The number of ether oxygens (including phenoxy) is 2. The van der Waals surface area contributed by atoms with Gasteiger partial charge in [-0.15, -0.1) is 0 Å². The number of aromatic nitrogens is 1. The molecule has 2 bridgehead atoms. The van der Waals surface area contributed by atoms with Gasteiger partial charge >= 0.3 is 6.09 Å². The van der Waals surface area contributed by atoms with Crippen LogP contribution in [0.4, 0.5) is 4.79 Å². The molecule has 3 heterocycles. The summed E-state index contributed by atoms with van der Waals surface area (Å²) in [6, 6.07) is 7.76.